The molecule has 0 aliphatic rings. The fourth-order valence-electron chi connectivity index (χ4n) is 2.46. The summed E-state index contributed by atoms with van der Waals surface area (Å²) in [7, 11) is 0. The minimum atomic E-state index is -0.198. The van der Waals surface area contributed by atoms with Gasteiger partial charge in [0.25, 0.3) is 0 Å². The zero-order valence-corrected chi connectivity index (χ0v) is 13.9. The molecule has 0 saturated carbocycles. The van der Waals surface area contributed by atoms with Gasteiger partial charge in [-0.05, 0) is 18.1 Å². The molecule has 0 saturated heterocycles. The Bertz CT molecular complexity index is 806. The Labute approximate surface area is 147 Å². The molecule has 0 atom stereocenters. The Morgan fingerprint density at radius 2 is 1.60 bits per heavy atom. The zero-order valence-electron chi connectivity index (χ0n) is 13.9. The maximum atomic E-state index is 11.9. The largest absolute Gasteiger partial charge is 0.338 e. The van der Waals surface area contributed by atoms with Crippen molar-refractivity contribution in [2.75, 3.05) is 6.54 Å². The summed E-state index contributed by atoms with van der Waals surface area (Å²) in [4.78, 5) is 20.4. The highest BCUT2D eigenvalue weighted by Crippen LogP contribution is 2.15. The van der Waals surface area contributed by atoms with Gasteiger partial charge in [-0.3, -0.25) is 0 Å². The van der Waals surface area contributed by atoms with Crippen molar-refractivity contribution in [2.45, 2.75) is 13.0 Å². The van der Waals surface area contributed by atoms with Crippen LogP contribution < -0.4 is 10.6 Å². The van der Waals surface area contributed by atoms with Crippen LogP contribution in [0.15, 0.2) is 73.1 Å². The molecule has 0 unspecified atom stereocenters. The molecule has 2 N–H and O–H groups in total. The van der Waals surface area contributed by atoms with Crippen LogP contribution in [0.5, 0.6) is 0 Å². The molecular formula is C20H20N4O. The molecule has 5 heteroatoms. The molecule has 0 aliphatic heterocycles. The van der Waals surface area contributed by atoms with Crippen molar-refractivity contribution < 1.29 is 4.79 Å². The summed E-state index contributed by atoms with van der Waals surface area (Å²) in [6.07, 6.45) is 2.33. The molecule has 0 radical (unpaired) electrons. The van der Waals surface area contributed by atoms with Crippen LogP contribution in [0.3, 0.4) is 0 Å². The lowest BCUT2D eigenvalue weighted by Gasteiger charge is -2.08. The van der Waals surface area contributed by atoms with Gasteiger partial charge < -0.3 is 10.6 Å². The standard InChI is InChI=1S/C20H20N4O/c25-20(21-12-11-16-7-3-1-4-8-16)22-14-18-13-19(24-15-23-18)17-9-5-2-6-10-17/h1-10,13,15H,11-12,14H2,(H2,21,22,25). The van der Waals surface area contributed by atoms with E-state index in [0.717, 1.165) is 23.4 Å². The summed E-state index contributed by atoms with van der Waals surface area (Å²) >= 11 is 0. The number of benzene rings is 2. The lowest BCUT2D eigenvalue weighted by molar-refractivity contribution is 0.240. The molecule has 3 aromatic rings. The van der Waals surface area contributed by atoms with Gasteiger partial charge in [0.1, 0.15) is 6.33 Å². The van der Waals surface area contributed by atoms with E-state index in [2.05, 4.69) is 20.6 Å². The zero-order chi connectivity index (χ0) is 17.3. The molecule has 0 aliphatic carbocycles. The molecule has 0 spiro atoms. The third-order valence-corrected chi connectivity index (χ3v) is 3.77. The number of carbonyl (C=O) groups is 1. The van der Waals surface area contributed by atoms with Crippen LogP contribution in [0.25, 0.3) is 11.3 Å². The first-order chi connectivity index (χ1) is 12.3. The van der Waals surface area contributed by atoms with Gasteiger partial charge in [-0.2, -0.15) is 0 Å². The highest BCUT2D eigenvalue weighted by atomic mass is 16.2. The summed E-state index contributed by atoms with van der Waals surface area (Å²) in [5.74, 6) is 0. The molecule has 25 heavy (non-hydrogen) atoms. The van der Waals surface area contributed by atoms with Crippen LogP contribution >= 0.6 is 0 Å². The van der Waals surface area contributed by atoms with Gasteiger partial charge >= 0.3 is 6.03 Å². The second kappa shape index (κ2) is 8.59. The number of carbonyl (C=O) groups excluding carboxylic acids is 1. The number of rotatable bonds is 6. The third-order valence-electron chi connectivity index (χ3n) is 3.77. The van der Waals surface area contributed by atoms with E-state index >= 15 is 0 Å². The molecule has 5 nitrogen and oxygen atoms in total. The minimum absolute atomic E-state index is 0.198. The van der Waals surface area contributed by atoms with E-state index in [-0.39, 0.29) is 6.03 Å². The van der Waals surface area contributed by atoms with E-state index in [4.69, 9.17) is 0 Å². The average molecular weight is 332 g/mol. The van der Waals surface area contributed by atoms with Crippen LogP contribution in [-0.4, -0.2) is 22.5 Å². The quantitative estimate of drug-likeness (QED) is 0.728. The summed E-state index contributed by atoms with van der Waals surface area (Å²) in [6, 6.07) is 21.6. The van der Waals surface area contributed by atoms with E-state index in [1.54, 1.807) is 0 Å². The first kappa shape index (κ1) is 16.6. The summed E-state index contributed by atoms with van der Waals surface area (Å²) in [6.45, 7) is 0.953. The smallest absolute Gasteiger partial charge is 0.315 e. The molecule has 1 heterocycles. The van der Waals surface area contributed by atoms with E-state index in [0.29, 0.717) is 13.1 Å². The highest BCUT2D eigenvalue weighted by Gasteiger charge is 2.04. The maximum absolute atomic E-state index is 11.9. The summed E-state index contributed by atoms with van der Waals surface area (Å²) in [5, 5.41) is 5.68. The third kappa shape index (κ3) is 5.14. The Morgan fingerprint density at radius 1 is 0.880 bits per heavy atom. The first-order valence-corrected chi connectivity index (χ1v) is 8.23. The van der Waals surface area contributed by atoms with Crippen LogP contribution in [0.4, 0.5) is 4.79 Å². The second-order valence-corrected chi connectivity index (χ2v) is 5.61. The summed E-state index contributed by atoms with van der Waals surface area (Å²) < 4.78 is 0. The minimum Gasteiger partial charge on any atom is -0.338 e. The first-order valence-electron chi connectivity index (χ1n) is 8.23. The number of nitrogens with zero attached hydrogens (tertiary/aromatic N) is 2. The molecule has 2 aromatic carbocycles. The van der Waals surface area contributed by atoms with E-state index in [9.17, 15) is 4.79 Å². The van der Waals surface area contributed by atoms with Crippen molar-refractivity contribution in [3.63, 3.8) is 0 Å². The molecule has 0 bridgehead atoms. The maximum Gasteiger partial charge on any atom is 0.315 e. The molecule has 126 valence electrons. The monoisotopic (exact) mass is 332 g/mol. The second-order valence-electron chi connectivity index (χ2n) is 5.61. The predicted molar refractivity (Wildman–Crippen MR) is 97.9 cm³/mol. The van der Waals surface area contributed by atoms with Crippen molar-refractivity contribution in [3.05, 3.63) is 84.3 Å². The highest BCUT2D eigenvalue weighted by molar-refractivity contribution is 5.73. The van der Waals surface area contributed by atoms with Gasteiger partial charge in [0, 0.05) is 12.1 Å². The molecule has 1 aromatic heterocycles. The van der Waals surface area contributed by atoms with Gasteiger partial charge in [-0.25, -0.2) is 14.8 Å². The topological polar surface area (TPSA) is 66.9 Å². The average Bonchev–Trinajstić information content (AvgIpc) is 2.68. The van der Waals surface area contributed by atoms with Crippen LogP contribution in [-0.2, 0) is 13.0 Å². The predicted octanol–water partition coefficient (Wildman–Crippen LogP) is 3.19. The molecule has 2 amide bonds. The molecular weight excluding hydrogens is 312 g/mol. The molecule has 0 fully saturated rings. The Morgan fingerprint density at radius 3 is 2.36 bits per heavy atom. The fraction of sp³-hybridized carbons (Fsp3) is 0.150. The molecule has 3 rings (SSSR count). The lowest BCUT2D eigenvalue weighted by Crippen LogP contribution is -2.36. The SMILES string of the molecule is O=C(NCCc1ccccc1)NCc1cc(-c2ccccc2)ncn1. The van der Waals surface area contributed by atoms with Crippen molar-refractivity contribution in [1.29, 1.82) is 0 Å². The van der Waals surface area contributed by atoms with Crippen LogP contribution in [0, 0.1) is 0 Å². The van der Waals surface area contributed by atoms with Crippen molar-refractivity contribution >= 4 is 6.03 Å². The fourth-order valence-corrected chi connectivity index (χ4v) is 2.46. The van der Waals surface area contributed by atoms with Crippen molar-refractivity contribution in [2.24, 2.45) is 0 Å². The number of amides is 2. The van der Waals surface area contributed by atoms with Gasteiger partial charge in [-0.15, -0.1) is 0 Å². The Balaban J connectivity index is 1.47. The lowest BCUT2D eigenvalue weighted by atomic mass is 10.1. The van der Waals surface area contributed by atoms with Gasteiger partial charge in [0.2, 0.25) is 0 Å². The number of hydrogen-bond donors (Lipinski definition) is 2. The van der Waals surface area contributed by atoms with Crippen molar-refractivity contribution in [3.8, 4) is 11.3 Å². The van der Waals surface area contributed by atoms with Gasteiger partial charge in [-0.1, -0.05) is 60.7 Å². The number of nitrogens with one attached hydrogen (secondary N) is 2. The number of urea groups is 1. The van der Waals surface area contributed by atoms with Crippen LogP contribution in [0.1, 0.15) is 11.3 Å². The Kier molecular flexibility index (Phi) is 5.72. The van der Waals surface area contributed by atoms with E-state index < -0.39 is 0 Å². The van der Waals surface area contributed by atoms with Gasteiger partial charge in [0.15, 0.2) is 0 Å². The van der Waals surface area contributed by atoms with E-state index in [1.165, 1.54) is 11.9 Å². The van der Waals surface area contributed by atoms with Crippen molar-refractivity contribution in [1.82, 2.24) is 20.6 Å². The Hall–Kier alpha value is -3.21. The number of aromatic nitrogens is 2. The van der Waals surface area contributed by atoms with Crippen LogP contribution in [0.2, 0.25) is 0 Å². The van der Waals surface area contributed by atoms with Gasteiger partial charge in [0.05, 0.1) is 17.9 Å². The summed E-state index contributed by atoms with van der Waals surface area (Å²) in [5.41, 5.74) is 3.84. The van der Waals surface area contributed by atoms with E-state index in [1.807, 2.05) is 66.7 Å². The normalized spacial score (nSPS) is 10.2. The number of hydrogen-bond acceptors (Lipinski definition) is 3.